The number of hydrogen-bond donors (Lipinski definition) is 1. The van der Waals surface area contributed by atoms with Crippen LogP contribution in [-0.2, 0) is 13.0 Å². The van der Waals surface area contributed by atoms with Gasteiger partial charge in [-0.25, -0.2) is 0 Å². The van der Waals surface area contributed by atoms with Gasteiger partial charge in [-0.1, -0.05) is 24.2 Å². The molecule has 5 heteroatoms. The quantitative estimate of drug-likeness (QED) is 0.895. The summed E-state index contributed by atoms with van der Waals surface area (Å²) in [4.78, 5) is 4.21. The first kappa shape index (κ1) is 13.5. The molecule has 0 amide bonds. The Balaban J connectivity index is 2.12. The third-order valence-electron chi connectivity index (χ3n) is 2.83. The molecule has 2 N–H and O–H groups in total. The van der Waals surface area contributed by atoms with Crippen LogP contribution in [0.4, 0.5) is 0 Å². The number of hydrogen-bond acceptors (Lipinski definition) is 5. The molecule has 0 bridgehead atoms. The molecule has 0 aliphatic heterocycles. The van der Waals surface area contributed by atoms with Crippen LogP contribution in [0.5, 0.6) is 5.75 Å². The zero-order valence-corrected chi connectivity index (χ0v) is 11.5. The van der Waals surface area contributed by atoms with Crippen molar-refractivity contribution in [3.63, 3.8) is 0 Å². The van der Waals surface area contributed by atoms with Gasteiger partial charge < -0.3 is 15.0 Å². The zero-order valence-electron chi connectivity index (χ0n) is 11.5. The summed E-state index contributed by atoms with van der Waals surface area (Å²) in [7, 11) is 0. The van der Waals surface area contributed by atoms with Crippen LogP contribution in [0.3, 0.4) is 0 Å². The van der Waals surface area contributed by atoms with Crippen molar-refractivity contribution in [3.05, 3.63) is 41.0 Å². The van der Waals surface area contributed by atoms with Gasteiger partial charge >= 0.3 is 0 Å². The molecule has 2 rings (SSSR count). The van der Waals surface area contributed by atoms with E-state index in [9.17, 15) is 0 Å². The van der Waals surface area contributed by atoms with Crippen LogP contribution in [-0.4, -0.2) is 10.1 Å². The maximum absolute atomic E-state index is 5.93. The second-order valence-electron chi connectivity index (χ2n) is 4.58. The molecule has 1 aromatic heterocycles. The van der Waals surface area contributed by atoms with Crippen LogP contribution in [0.1, 0.15) is 42.7 Å². The van der Waals surface area contributed by atoms with Crippen LogP contribution < -0.4 is 10.5 Å². The van der Waals surface area contributed by atoms with Crippen LogP contribution >= 0.6 is 0 Å². The molecule has 5 nitrogen and oxygen atoms in total. The van der Waals surface area contributed by atoms with E-state index in [0.29, 0.717) is 11.7 Å². The topological polar surface area (TPSA) is 74.2 Å². The SMILES string of the molecule is CCc1nc(COc2cc(C)ccc2C(C)N)no1. The minimum atomic E-state index is -0.0768. The number of benzene rings is 1. The Morgan fingerprint density at radius 1 is 1.42 bits per heavy atom. The lowest BCUT2D eigenvalue weighted by molar-refractivity contribution is 0.281. The summed E-state index contributed by atoms with van der Waals surface area (Å²) in [6, 6.07) is 5.91. The summed E-state index contributed by atoms with van der Waals surface area (Å²) in [6.45, 7) is 6.20. The highest BCUT2D eigenvalue weighted by molar-refractivity contribution is 5.38. The maximum Gasteiger partial charge on any atom is 0.226 e. The number of nitrogens with two attached hydrogens (primary N) is 1. The normalized spacial score (nSPS) is 12.4. The van der Waals surface area contributed by atoms with Gasteiger partial charge in [-0.15, -0.1) is 0 Å². The Morgan fingerprint density at radius 3 is 2.84 bits per heavy atom. The van der Waals surface area contributed by atoms with E-state index in [1.165, 1.54) is 0 Å². The van der Waals surface area contributed by atoms with Gasteiger partial charge in [0.25, 0.3) is 0 Å². The average Bonchev–Trinajstić information content (AvgIpc) is 2.84. The summed E-state index contributed by atoms with van der Waals surface area (Å²) >= 11 is 0. The van der Waals surface area contributed by atoms with E-state index in [1.54, 1.807) is 0 Å². The fourth-order valence-corrected chi connectivity index (χ4v) is 1.78. The van der Waals surface area contributed by atoms with Gasteiger partial charge in [-0.05, 0) is 25.5 Å². The van der Waals surface area contributed by atoms with Crippen molar-refractivity contribution in [2.24, 2.45) is 5.73 Å². The van der Waals surface area contributed by atoms with E-state index < -0.39 is 0 Å². The molecule has 19 heavy (non-hydrogen) atoms. The Hall–Kier alpha value is -1.88. The number of nitrogens with zero attached hydrogens (tertiary/aromatic N) is 2. The van der Waals surface area contributed by atoms with Crippen molar-refractivity contribution in [1.82, 2.24) is 10.1 Å². The molecule has 0 spiro atoms. The monoisotopic (exact) mass is 261 g/mol. The summed E-state index contributed by atoms with van der Waals surface area (Å²) in [5, 5.41) is 3.86. The molecule has 0 fully saturated rings. The molecular formula is C14H19N3O2. The minimum absolute atomic E-state index is 0.0768. The Morgan fingerprint density at radius 2 is 2.21 bits per heavy atom. The van der Waals surface area contributed by atoms with Gasteiger partial charge in [-0.2, -0.15) is 4.98 Å². The summed E-state index contributed by atoms with van der Waals surface area (Å²) in [5.41, 5.74) is 8.03. The summed E-state index contributed by atoms with van der Waals surface area (Å²) in [5.74, 6) is 1.95. The number of rotatable bonds is 5. The largest absolute Gasteiger partial charge is 0.485 e. The summed E-state index contributed by atoms with van der Waals surface area (Å²) in [6.07, 6.45) is 0.725. The van der Waals surface area contributed by atoms with Crippen LogP contribution in [0, 0.1) is 6.92 Å². The Bertz CT molecular complexity index is 549. The highest BCUT2D eigenvalue weighted by Crippen LogP contribution is 2.25. The molecule has 0 saturated heterocycles. The molecule has 1 aromatic carbocycles. The lowest BCUT2D eigenvalue weighted by Gasteiger charge is -2.13. The van der Waals surface area contributed by atoms with Gasteiger partial charge in [-0.3, -0.25) is 0 Å². The zero-order chi connectivity index (χ0) is 13.8. The smallest absolute Gasteiger partial charge is 0.226 e. The lowest BCUT2D eigenvalue weighted by Crippen LogP contribution is -2.08. The standard InChI is InChI=1S/C14H19N3O2/c1-4-14-16-13(17-19-14)8-18-12-7-9(2)5-6-11(12)10(3)15/h5-7,10H,4,8,15H2,1-3H3. The fraction of sp³-hybridized carbons (Fsp3) is 0.429. The van der Waals surface area contributed by atoms with E-state index in [2.05, 4.69) is 10.1 Å². The minimum Gasteiger partial charge on any atom is -0.485 e. The Labute approximate surface area is 112 Å². The van der Waals surface area contributed by atoms with Gasteiger partial charge in [0.1, 0.15) is 5.75 Å². The van der Waals surface area contributed by atoms with Crippen molar-refractivity contribution >= 4 is 0 Å². The third kappa shape index (κ3) is 3.32. The summed E-state index contributed by atoms with van der Waals surface area (Å²) < 4.78 is 10.8. The molecule has 0 radical (unpaired) electrons. The second-order valence-corrected chi connectivity index (χ2v) is 4.58. The Kier molecular flexibility index (Phi) is 4.16. The second kappa shape index (κ2) is 5.84. The average molecular weight is 261 g/mol. The molecular weight excluding hydrogens is 242 g/mol. The molecule has 1 heterocycles. The van der Waals surface area contributed by atoms with E-state index >= 15 is 0 Å². The maximum atomic E-state index is 5.93. The van der Waals surface area contributed by atoms with Crippen molar-refractivity contribution in [2.45, 2.75) is 39.8 Å². The first-order valence-electron chi connectivity index (χ1n) is 6.40. The van der Waals surface area contributed by atoms with Crippen molar-refractivity contribution < 1.29 is 9.26 Å². The molecule has 2 aromatic rings. The van der Waals surface area contributed by atoms with Gasteiger partial charge in [0, 0.05) is 18.0 Å². The number of aryl methyl sites for hydroxylation is 2. The number of ether oxygens (including phenoxy) is 1. The first-order chi connectivity index (χ1) is 9.10. The van der Waals surface area contributed by atoms with E-state index in [0.717, 1.165) is 23.3 Å². The molecule has 0 saturated carbocycles. The lowest BCUT2D eigenvalue weighted by atomic mass is 10.1. The van der Waals surface area contributed by atoms with Crippen LogP contribution in [0.25, 0.3) is 0 Å². The van der Waals surface area contributed by atoms with Crippen molar-refractivity contribution in [3.8, 4) is 5.75 Å². The third-order valence-corrected chi connectivity index (χ3v) is 2.83. The van der Waals surface area contributed by atoms with E-state index in [-0.39, 0.29) is 12.6 Å². The van der Waals surface area contributed by atoms with Crippen LogP contribution in [0.15, 0.2) is 22.7 Å². The van der Waals surface area contributed by atoms with Gasteiger partial charge in [0.15, 0.2) is 6.61 Å². The molecule has 0 aliphatic rings. The van der Waals surface area contributed by atoms with Gasteiger partial charge in [0.2, 0.25) is 11.7 Å². The fourth-order valence-electron chi connectivity index (χ4n) is 1.78. The predicted molar refractivity (Wildman–Crippen MR) is 71.8 cm³/mol. The predicted octanol–water partition coefficient (Wildman–Crippen LogP) is 2.54. The van der Waals surface area contributed by atoms with E-state index in [4.69, 9.17) is 15.0 Å². The number of aromatic nitrogens is 2. The first-order valence-corrected chi connectivity index (χ1v) is 6.40. The van der Waals surface area contributed by atoms with Crippen LogP contribution in [0.2, 0.25) is 0 Å². The molecule has 0 aliphatic carbocycles. The van der Waals surface area contributed by atoms with Gasteiger partial charge in [0.05, 0.1) is 0 Å². The highest BCUT2D eigenvalue weighted by atomic mass is 16.5. The molecule has 1 atom stereocenters. The van der Waals surface area contributed by atoms with E-state index in [1.807, 2.05) is 39.0 Å². The van der Waals surface area contributed by atoms with Crippen molar-refractivity contribution in [1.29, 1.82) is 0 Å². The molecule has 102 valence electrons. The van der Waals surface area contributed by atoms with Crippen molar-refractivity contribution in [2.75, 3.05) is 0 Å². The molecule has 1 unspecified atom stereocenters. The highest BCUT2D eigenvalue weighted by Gasteiger charge is 2.10.